The van der Waals surface area contributed by atoms with Gasteiger partial charge in [0.2, 0.25) is 5.91 Å². The molecule has 1 heterocycles. The first-order chi connectivity index (χ1) is 13.3. The molecule has 1 aliphatic heterocycles. The summed E-state index contributed by atoms with van der Waals surface area (Å²) < 4.78 is 0. The van der Waals surface area contributed by atoms with Crippen LogP contribution in [0.15, 0.2) is 42.5 Å². The molecule has 0 spiro atoms. The molecule has 0 aromatic heterocycles. The molecule has 1 amide bonds. The number of anilines is 2. The fraction of sp³-hybridized carbons (Fsp3) is 0.480. The van der Waals surface area contributed by atoms with Crippen molar-refractivity contribution in [2.75, 3.05) is 23.8 Å². The fourth-order valence-electron chi connectivity index (χ4n) is 3.96. The van der Waals surface area contributed by atoms with Crippen molar-refractivity contribution in [1.82, 2.24) is 0 Å². The summed E-state index contributed by atoms with van der Waals surface area (Å²) in [5.74, 6) is 0.798. The van der Waals surface area contributed by atoms with Gasteiger partial charge in [-0.1, -0.05) is 64.4 Å². The molecular weight excluding hydrogens is 344 g/mol. The number of nitrogens with one attached hydrogen (secondary N) is 1. The van der Waals surface area contributed by atoms with Gasteiger partial charge in [-0.25, -0.2) is 0 Å². The molecule has 0 radical (unpaired) electrons. The lowest BCUT2D eigenvalue weighted by atomic mass is 9.86. The second-order valence-corrected chi connectivity index (χ2v) is 9.20. The lowest BCUT2D eigenvalue weighted by Gasteiger charge is -2.33. The van der Waals surface area contributed by atoms with E-state index in [9.17, 15) is 4.79 Å². The highest BCUT2D eigenvalue weighted by Gasteiger charge is 2.21. The number of hydrogen-bond acceptors (Lipinski definition) is 2. The first kappa shape index (κ1) is 20.4. The third-order valence-electron chi connectivity index (χ3n) is 5.86. The Kier molecular flexibility index (Phi) is 6.12. The maximum atomic E-state index is 12.4. The monoisotopic (exact) mass is 378 g/mol. The molecule has 0 saturated heterocycles. The SMILES string of the molecule is CCC1Cc2ccc(NC(=O)CCc3ccc(C(C)(C)C)cc3)cc2N(C)C1. The van der Waals surface area contributed by atoms with Gasteiger partial charge in [0.05, 0.1) is 0 Å². The zero-order valence-corrected chi connectivity index (χ0v) is 18.0. The summed E-state index contributed by atoms with van der Waals surface area (Å²) in [5, 5.41) is 3.08. The van der Waals surface area contributed by atoms with Gasteiger partial charge in [0, 0.05) is 31.4 Å². The zero-order chi connectivity index (χ0) is 20.3. The van der Waals surface area contributed by atoms with Crippen LogP contribution in [0, 0.1) is 5.92 Å². The minimum atomic E-state index is 0.0738. The highest BCUT2D eigenvalue weighted by Crippen LogP contribution is 2.32. The van der Waals surface area contributed by atoms with Crippen molar-refractivity contribution in [3.05, 3.63) is 59.2 Å². The van der Waals surface area contributed by atoms with E-state index >= 15 is 0 Å². The molecule has 0 aliphatic carbocycles. The second kappa shape index (κ2) is 8.38. The van der Waals surface area contributed by atoms with Crippen LogP contribution in [0.2, 0.25) is 0 Å². The summed E-state index contributed by atoms with van der Waals surface area (Å²) in [6.07, 6.45) is 3.60. The average Bonchev–Trinajstić information content (AvgIpc) is 2.66. The molecule has 3 heteroatoms. The first-order valence-corrected chi connectivity index (χ1v) is 10.5. The number of fused-ring (bicyclic) bond motifs is 1. The van der Waals surface area contributed by atoms with Crippen LogP contribution in [0.25, 0.3) is 0 Å². The van der Waals surface area contributed by atoms with Gasteiger partial charge >= 0.3 is 0 Å². The van der Waals surface area contributed by atoms with Gasteiger partial charge in [0.1, 0.15) is 0 Å². The number of carbonyl (C=O) groups is 1. The van der Waals surface area contributed by atoms with E-state index in [1.54, 1.807) is 0 Å². The van der Waals surface area contributed by atoms with E-state index in [4.69, 9.17) is 0 Å². The van der Waals surface area contributed by atoms with Crippen molar-refractivity contribution < 1.29 is 4.79 Å². The summed E-state index contributed by atoms with van der Waals surface area (Å²) in [7, 11) is 2.15. The molecule has 0 fully saturated rings. The third-order valence-corrected chi connectivity index (χ3v) is 5.86. The molecule has 2 aromatic carbocycles. The summed E-state index contributed by atoms with van der Waals surface area (Å²) in [5.41, 5.74) is 6.22. The van der Waals surface area contributed by atoms with Crippen molar-refractivity contribution in [2.24, 2.45) is 5.92 Å². The molecule has 0 saturated carbocycles. The van der Waals surface area contributed by atoms with Crippen molar-refractivity contribution in [3.8, 4) is 0 Å². The molecule has 28 heavy (non-hydrogen) atoms. The molecule has 2 aromatic rings. The Morgan fingerprint density at radius 3 is 2.50 bits per heavy atom. The van der Waals surface area contributed by atoms with Gasteiger partial charge in [-0.05, 0) is 53.0 Å². The van der Waals surface area contributed by atoms with Crippen molar-refractivity contribution in [2.45, 2.75) is 58.8 Å². The van der Waals surface area contributed by atoms with Crippen LogP contribution in [0.1, 0.15) is 57.2 Å². The number of carbonyl (C=O) groups excluding carboxylic acids is 1. The van der Waals surface area contributed by atoms with Crippen LogP contribution in [0.4, 0.5) is 11.4 Å². The Morgan fingerprint density at radius 1 is 1.14 bits per heavy atom. The van der Waals surface area contributed by atoms with Gasteiger partial charge in [-0.2, -0.15) is 0 Å². The average molecular weight is 379 g/mol. The van der Waals surface area contributed by atoms with Crippen LogP contribution >= 0.6 is 0 Å². The molecular formula is C25H34N2O. The summed E-state index contributed by atoms with van der Waals surface area (Å²) in [6, 6.07) is 15.0. The van der Waals surface area contributed by atoms with Gasteiger partial charge in [0.25, 0.3) is 0 Å². The predicted molar refractivity (Wildman–Crippen MR) is 119 cm³/mol. The van der Waals surface area contributed by atoms with Gasteiger partial charge < -0.3 is 10.2 Å². The van der Waals surface area contributed by atoms with Crippen LogP contribution in [0.3, 0.4) is 0 Å². The molecule has 0 bridgehead atoms. The number of nitrogens with zero attached hydrogens (tertiary/aromatic N) is 1. The third kappa shape index (κ3) is 4.95. The molecule has 3 nitrogen and oxygen atoms in total. The largest absolute Gasteiger partial charge is 0.374 e. The number of benzene rings is 2. The highest BCUT2D eigenvalue weighted by molar-refractivity contribution is 5.91. The van der Waals surface area contributed by atoms with Crippen LogP contribution < -0.4 is 10.2 Å². The first-order valence-electron chi connectivity index (χ1n) is 10.5. The van der Waals surface area contributed by atoms with Gasteiger partial charge in [-0.15, -0.1) is 0 Å². The van der Waals surface area contributed by atoms with Gasteiger partial charge in [0.15, 0.2) is 0 Å². The maximum absolute atomic E-state index is 12.4. The fourth-order valence-corrected chi connectivity index (χ4v) is 3.96. The quantitative estimate of drug-likeness (QED) is 0.737. The number of rotatable bonds is 5. The minimum Gasteiger partial charge on any atom is -0.374 e. The Hall–Kier alpha value is -2.29. The van der Waals surface area contributed by atoms with Crippen LogP contribution in [-0.2, 0) is 23.1 Å². The highest BCUT2D eigenvalue weighted by atomic mass is 16.1. The number of aryl methyl sites for hydroxylation is 1. The van der Waals surface area contributed by atoms with Crippen molar-refractivity contribution >= 4 is 17.3 Å². The van der Waals surface area contributed by atoms with E-state index in [1.165, 1.54) is 28.8 Å². The summed E-state index contributed by atoms with van der Waals surface area (Å²) in [6.45, 7) is 10.00. The Labute approximate surface area is 170 Å². The Bertz CT molecular complexity index is 817. The molecule has 150 valence electrons. The molecule has 3 rings (SSSR count). The molecule has 1 unspecified atom stereocenters. The standard InChI is InChI=1S/C25H34N2O/c1-6-18-15-20-10-13-22(16-23(20)27(5)17-18)26-24(28)14-9-19-7-11-21(12-8-19)25(2,3)4/h7-8,10-13,16,18H,6,9,14-15,17H2,1-5H3,(H,26,28). The smallest absolute Gasteiger partial charge is 0.224 e. The van der Waals surface area contributed by atoms with Crippen LogP contribution in [-0.4, -0.2) is 19.5 Å². The van der Waals surface area contributed by atoms with Crippen LogP contribution in [0.5, 0.6) is 0 Å². The zero-order valence-electron chi connectivity index (χ0n) is 18.0. The normalized spacial score (nSPS) is 16.6. The maximum Gasteiger partial charge on any atom is 0.224 e. The Morgan fingerprint density at radius 2 is 1.86 bits per heavy atom. The van der Waals surface area contributed by atoms with Gasteiger partial charge in [-0.3, -0.25) is 4.79 Å². The summed E-state index contributed by atoms with van der Waals surface area (Å²) >= 11 is 0. The van der Waals surface area contributed by atoms with E-state index < -0.39 is 0 Å². The minimum absolute atomic E-state index is 0.0738. The van der Waals surface area contributed by atoms with E-state index in [0.29, 0.717) is 6.42 Å². The van der Waals surface area contributed by atoms with Crippen molar-refractivity contribution in [1.29, 1.82) is 0 Å². The molecule has 1 N–H and O–H groups in total. The second-order valence-electron chi connectivity index (χ2n) is 9.20. The Balaban J connectivity index is 1.57. The van der Waals surface area contributed by atoms with Crippen molar-refractivity contribution in [3.63, 3.8) is 0 Å². The van der Waals surface area contributed by atoms with E-state index in [0.717, 1.165) is 31.0 Å². The van der Waals surface area contributed by atoms with E-state index in [-0.39, 0.29) is 11.3 Å². The van der Waals surface area contributed by atoms with E-state index in [1.807, 2.05) is 6.07 Å². The molecule has 1 atom stereocenters. The lowest BCUT2D eigenvalue weighted by Crippen LogP contribution is -2.32. The molecule has 1 aliphatic rings. The topological polar surface area (TPSA) is 32.3 Å². The summed E-state index contributed by atoms with van der Waals surface area (Å²) in [4.78, 5) is 14.8. The number of amides is 1. The van der Waals surface area contributed by atoms with E-state index in [2.05, 4.69) is 81.4 Å². The predicted octanol–water partition coefficient (Wildman–Crippen LogP) is 5.57. The number of hydrogen-bond donors (Lipinski definition) is 1. The lowest BCUT2D eigenvalue weighted by molar-refractivity contribution is -0.116.